The number of fused-ring (bicyclic) bond motifs is 6. The van der Waals surface area contributed by atoms with Gasteiger partial charge >= 0.3 is 0 Å². The van der Waals surface area contributed by atoms with E-state index in [0.717, 1.165) is 100 Å². The predicted molar refractivity (Wildman–Crippen MR) is 277 cm³/mol. The van der Waals surface area contributed by atoms with Crippen molar-refractivity contribution in [3.05, 3.63) is 237 Å². The normalized spacial score (nSPS) is 11.5. The van der Waals surface area contributed by atoms with Crippen LogP contribution in [0.25, 0.3) is 128 Å². The third-order valence-electron chi connectivity index (χ3n) is 12.9. The zero-order valence-electron chi connectivity index (χ0n) is 36.7. The minimum Gasteiger partial charge on any atom is -0.455 e. The van der Waals surface area contributed by atoms with Crippen LogP contribution < -0.4 is 0 Å². The summed E-state index contributed by atoms with van der Waals surface area (Å²) >= 11 is 0. The zero-order valence-corrected chi connectivity index (χ0v) is 36.7. The topological polar surface area (TPSA) is 69.6 Å². The van der Waals surface area contributed by atoms with E-state index in [-0.39, 0.29) is 0 Å². The van der Waals surface area contributed by atoms with Gasteiger partial charge in [-0.15, -0.1) is 0 Å². The molecule has 0 N–H and O–H groups in total. The van der Waals surface area contributed by atoms with Crippen molar-refractivity contribution in [2.45, 2.75) is 0 Å². The Labute approximate surface area is 392 Å². The van der Waals surface area contributed by atoms with Crippen molar-refractivity contribution >= 4 is 43.7 Å². The van der Waals surface area contributed by atoms with Crippen LogP contribution in [-0.2, 0) is 0 Å². The second-order valence-electron chi connectivity index (χ2n) is 17.0. The Balaban J connectivity index is 0.879. The first-order valence-corrected chi connectivity index (χ1v) is 22.8. The van der Waals surface area contributed by atoms with Gasteiger partial charge in [-0.05, 0) is 53.1 Å². The highest BCUT2D eigenvalue weighted by molar-refractivity contribution is 6.17. The fourth-order valence-electron chi connectivity index (χ4n) is 9.64. The minimum absolute atomic E-state index is 0.605. The molecule has 13 aromatic rings. The van der Waals surface area contributed by atoms with Crippen molar-refractivity contribution in [3.63, 3.8) is 0 Å². The van der Waals surface area contributed by atoms with Crippen molar-refractivity contribution < 1.29 is 4.42 Å². The number of pyridine rings is 1. The summed E-state index contributed by atoms with van der Waals surface area (Å²) < 4.78 is 9.23. The molecule has 0 radical (unpaired) electrons. The van der Waals surface area contributed by atoms with Crippen LogP contribution in [0, 0.1) is 0 Å². The second-order valence-corrected chi connectivity index (χ2v) is 17.0. The number of benzene rings is 9. The molecule has 0 atom stereocenters. The van der Waals surface area contributed by atoms with Gasteiger partial charge in [0.25, 0.3) is 0 Å². The lowest BCUT2D eigenvalue weighted by molar-refractivity contribution is 0.636. The molecule has 68 heavy (non-hydrogen) atoms. The third kappa shape index (κ3) is 6.74. The van der Waals surface area contributed by atoms with Gasteiger partial charge in [-0.25, -0.2) is 19.9 Å². The lowest BCUT2D eigenvalue weighted by Gasteiger charge is -2.12. The molecule has 0 spiro atoms. The molecule has 9 aromatic carbocycles. The molecule has 0 aliphatic carbocycles. The number of aromatic nitrogens is 5. The van der Waals surface area contributed by atoms with Gasteiger partial charge in [0.15, 0.2) is 17.5 Å². The first kappa shape index (κ1) is 39.1. The summed E-state index contributed by atoms with van der Waals surface area (Å²) in [6, 6.07) is 82.0. The summed E-state index contributed by atoms with van der Waals surface area (Å²) in [5.74, 6) is 2.66. The third-order valence-corrected chi connectivity index (χ3v) is 12.9. The van der Waals surface area contributed by atoms with E-state index >= 15 is 0 Å². The average Bonchev–Trinajstić information content (AvgIpc) is 3.99. The highest BCUT2D eigenvalue weighted by Gasteiger charge is 2.24. The van der Waals surface area contributed by atoms with E-state index in [4.69, 9.17) is 24.4 Å². The monoisotopic (exact) mass is 869 g/mol. The molecule has 0 aliphatic heterocycles. The number of furan rings is 1. The van der Waals surface area contributed by atoms with E-state index < -0.39 is 0 Å². The van der Waals surface area contributed by atoms with Crippen LogP contribution >= 0.6 is 0 Å². The Morgan fingerprint density at radius 3 is 1.40 bits per heavy atom. The maximum atomic E-state index is 6.91. The van der Waals surface area contributed by atoms with E-state index in [1.54, 1.807) is 0 Å². The van der Waals surface area contributed by atoms with Crippen LogP contribution in [0.2, 0.25) is 0 Å². The second kappa shape index (κ2) is 16.3. The van der Waals surface area contributed by atoms with Gasteiger partial charge < -0.3 is 8.98 Å². The fourth-order valence-corrected chi connectivity index (χ4v) is 9.64. The summed E-state index contributed by atoms with van der Waals surface area (Å²) in [7, 11) is 0. The lowest BCUT2D eigenvalue weighted by atomic mass is 9.94. The Morgan fingerprint density at radius 2 is 0.779 bits per heavy atom. The van der Waals surface area contributed by atoms with E-state index in [0.29, 0.717) is 17.5 Å². The van der Waals surface area contributed by atoms with Crippen molar-refractivity contribution in [3.8, 4) is 84.7 Å². The molecule has 4 heterocycles. The van der Waals surface area contributed by atoms with E-state index in [1.807, 2.05) is 54.6 Å². The number of para-hydroxylation sites is 3. The standard InChI is InChI=1S/C62H39N5O/c1-4-17-42(18-5-1)55-56-57(63-52-28-13-10-27-51(52)59(56)68-58(55)44-19-6-2-7-20-44)43-35-31-40(32-36-43)41-33-37-46(38-34-41)61-64-60(45-21-8-3-9-22-45)65-62(66-61)47-23-16-24-48(39-47)67-53-29-14-11-25-49(53)50-26-12-15-30-54(50)67/h1-39H. The highest BCUT2D eigenvalue weighted by Crippen LogP contribution is 2.47. The summed E-state index contributed by atoms with van der Waals surface area (Å²) in [6.07, 6.45) is 0. The molecule has 6 nitrogen and oxygen atoms in total. The number of hydrogen-bond acceptors (Lipinski definition) is 5. The first-order valence-electron chi connectivity index (χ1n) is 22.8. The molecule has 0 saturated heterocycles. The molecule has 0 saturated carbocycles. The molecule has 318 valence electrons. The molecular formula is C62H39N5O. The highest BCUT2D eigenvalue weighted by atomic mass is 16.3. The molecule has 0 amide bonds. The number of rotatable bonds is 8. The van der Waals surface area contributed by atoms with Gasteiger partial charge in [0.2, 0.25) is 0 Å². The van der Waals surface area contributed by atoms with Crippen molar-refractivity contribution in [2.24, 2.45) is 0 Å². The van der Waals surface area contributed by atoms with Gasteiger partial charge in [-0.2, -0.15) is 0 Å². The lowest BCUT2D eigenvalue weighted by Crippen LogP contribution is -2.01. The largest absolute Gasteiger partial charge is 0.455 e. The SMILES string of the molecule is c1ccc(-c2nc(-c3ccc(-c4ccc(-c5nc6ccccc6c6oc(-c7ccccc7)c(-c7ccccc7)c56)cc4)cc3)nc(-c3cccc(-n4c5ccccc5c5ccccc54)c3)n2)cc1. The summed E-state index contributed by atoms with van der Waals surface area (Å²) in [6.45, 7) is 0. The maximum absolute atomic E-state index is 6.91. The number of nitrogens with zero attached hydrogens (tertiary/aromatic N) is 5. The van der Waals surface area contributed by atoms with Crippen molar-refractivity contribution in [1.82, 2.24) is 24.5 Å². The molecule has 0 unspecified atom stereocenters. The van der Waals surface area contributed by atoms with E-state index in [2.05, 4.69) is 187 Å². The quantitative estimate of drug-likeness (QED) is 0.152. The molecular weight excluding hydrogens is 831 g/mol. The summed E-state index contributed by atoms with van der Waals surface area (Å²) in [5, 5.41) is 4.41. The molecule has 0 bridgehead atoms. The molecule has 0 aliphatic rings. The molecule has 4 aromatic heterocycles. The van der Waals surface area contributed by atoms with Crippen molar-refractivity contribution in [2.75, 3.05) is 0 Å². The van der Waals surface area contributed by atoms with Crippen LogP contribution in [-0.4, -0.2) is 24.5 Å². The van der Waals surface area contributed by atoms with Crippen LogP contribution in [0.4, 0.5) is 0 Å². The zero-order chi connectivity index (χ0) is 45.0. The van der Waals surface area contributed by atoms with Gasteiger partial charge in [0.05, 0.1) is 27.6 Å². The minimum atomic E-state index is 0.605. The van der Waals surface area contributed by atoms with Crippen LogP contribution in [0.3, 0.4) is 0 Å². The van der Waals surface area contributed by atoms with Crippen LogP contribution in [0.5, 0.6) is 0 Å². The Bertz CT molecular complexity index is 3940. The van der Waals surface area contributed by atoms with Gasteiger partial charge in [-0.3, -0.25) is 0 Å². The predicted octanol–water partition coefficient (Wildman–Crippen LogP) is 15.9. The average molecular weight is 870 g/mol. The Hall–Kier alpha value is -9.26. The van der Waals surface area contributed by atoms with Gasteiger partial charge in [-0.1, -0.05) is 200 Å². The summed E-state index contributed by atoms with van der Waals surface area (Å²) in [4.78, 5) is 20.6. The molecule has 13 rings (SSSR count). The van der Waals surface area contributed by atoms with Gasteiger partial charge in [0, 0.05) is 55.2 Å². The van der Waals surface area contributed by atoms with E-state index in [1.165, 1.54) is 10.8 Å². The first-order chi connectivity index (χ1) is 33.7. The maximum Gasteiger partial charge on any atom is 0.164 e. The fraction of sp³-hybridized carbons (Fsp3) is 0. The van der Waals surface area contributed by atoms with Gasteiger partial charge in [0.1, 0.15) is 11.3 Å². The Kier molecular flexibility index (Phi) is 9.39. The van der Waals surface area contributed by atoms with E-state index in [9.17, 15) is 0 Å². The molecule has 6 heteroatoms. The molecule has 0 fully saturated rings. The summed E-state index contributed by atoms with van der Waals surface area (Å²) in [5.41, 5.74) is 15.0. The van der Waals surface area contributed by atoms with Crippen molar-refractivity contribution in [1.29, 1.82) is 0 Å². The van der Waals surface area contributed by atoms with Crippen LogP contribution in [0.15, 0.2) is 241 Å². The van der Waals surface area contributed by atoms with Crippen LogP contribution in [0.1, 0.15) is 0 Å². The smallest absolute Gasteiger partial charge is 0.164 e. The number of hydrogen-bond donors (Lipinski definition) is 0. The Morgan fingerprint density at radius 1 is 0.324 bits per heavy atom.